The number of carbonyl (C=O) groups is 1. The Bertz CT molecular complexity index is 856. The maximum absolute atomic E-state index is 11.4. The molecule has 2 aliphatic rings. The van der Waals surface area contributed by atoms with E-state index in [1.165, 1.54) is 12.0 Å². The summed E-state index contributed by atoms with van der Waals surface area (Å²) in [6.45, 7) is 7.78. The van der Waals surface area contributed by atoms with Crippen LogP contribution >= 0.6 is 0 Å². The second kappa shape index (κ2) is 8.91. The van der Waals surface area contributed by atoms with Gasteiger partial charge in [0, 0.05) is 24.5 Å². The van der Waals surface area contributed by atoms with Gasteiger partial charge in [0.2, 0.25) is 0 Å². The summed E-state index contributed by atoms with van der Waals surface area (Å²) in [5.74, 6) is -0.211. The van der Waals surface area contributed by atoms with Gasteiger partial charge in [-0.1, -0.05) is 42.5 Å². The molecule has 1 saturated carbocycles. The minimum Gasteiger partial charge on any atom is -0.478 e. The van der Waals surface area contributed by atoms with Crippen LogP contribution in [-0.4, -0.2) is 47.7 Å². The number of carboxylic acids is 1. The molecular formula is C26H34N2O2. The lowest BCUT2D eigenvalue weighted by molar-refractivity contribution is 0.0695. The van der Waals surface area contributed by atoms with Crippen molar-refractivity contribution in [1.82, 2.24) is 10.2 Å². The van der Waals surface area contributed by atoms with Gasteiger partial charge in [0.15, 0.2) is 0 Å². The van der Waals surface area contributed by atoms with Crippen LogP contribution < -0.4 is 5.32 Å². The number of nitrogens with zero attached hydrogens (tertiary/aromatic N) is 1. The van der Waals surface area contributed by atoms with Crippen molar-refractivity contribution in [3.8, 4) is 0 Å². The molecule has 2 N–H and O–H groups in total. The molecule has 1 aliphatic heterocycles. The van der Waals surface area contributed by atoms with E-state index in [1.807, 2.05) is 12.1 Å². The molecule has 0 amide bonds. The van der Waals surface area contributed by atoms with Gasteiger partial charge in [0.1, 0.15) is 0 Å². The third kappa shape index (κ3) is 4.93. The van der Waals surface area contributed by atoms with E-state index in [-0.39, 0.29) is 5.41 Å². The third-order valence-electron chi connectivity index (χ3n) is 7.10. The molecule has 0 spiro atoms. The molecule has 2 aromatic carbocycles. The van der Waals surface area contributed by atoms with Crippen LogP contribution in [0.5, 0.6) is 0 Å². The quantitative estimate of drug-likeness (QED) is 0.675. The van der Waals surface area contributed by atoms with Crippen molar-refractivity contribution in [3.63, 3.8) is 0 Å². The highest BCUT2D eigenvalue weighted by atomic mass is 16.4. The standard InChI is InChI=1S/C26H34N2O2/c1-19(2)28-13-11-26(12-14-28,17-20-7-6-10-22(15-20)25(29)30)18-27-24-16-23(24)21-8-4-3-5-9-21/h3-10,15,19,23-24,27H,11-14,16-18H2,1-2H3,(H,29,30). The lowest BCUT2D eigenvalue weighted by Crippen LogP contribution is -2.48. The Hall–Kier alpha value is -2.17. The highest BCUT2D eigenvalue weighted by molar-refractivity contribution is 5.87. The summed E-state index contributed by atoms with van der Waals surface area (Å²) in [6.07, 6.45) is 4.46. The summed E-state index contributed by atoms with van der Waals surface area (Å²) in [4.78, 5) is 14.0. The van der Waals surface area contributed by atoms with Crippen LogP contribution in [0.2, 0.25) is 0 Å². The first-order chi connectivity index (χ1) is 14.5. The topological polar surface area (TPSA) is 52.6 Å². The normalized spacial score (nSPS) is 23.4. The zero-order valence-electron chi connectivity index (χ0n) is 18.2. The summed E-state index contributed by atoms with van der Waals surface area (Å²) in [5, 5.41) is 13.3. The first kappa shape index (κ1) is 21.1. The SMILES string of the molecule is CC(C)N1CCC(CNC2CC2c2ccccc2)(Cc2cccc(C(=O)O)c2)CC1. The Balaban J connectivity index is 1.44. The summed E-state index contributed by atoms with van der Waals surface area (Å²) in [6, 6.07) is 19.5. The smallest absolute Gasteiger partial charge is 0.335 e. The second-order valence-corrected chi connectivity index (χ2v) is 9.55. The zero-order chi connectivity index (χ0) is 21.1. The van der Waals surface area contributed by atoms with Gasteiger partial charge in [-0.05, 0) is 81.3 Å². The molecular weight excluding hydrogens is 372 g/mol. The molecule has 4 rings (SSSR count). The average Bonchev–Trinajstić information content (AvgIpc) is 3.53. The number of hydrogen-bond acceptors (Lipinski definition) is 3. The van der Waals surface area contributed by atoms with Crippen LogP contribution in [0.15, 0.2) is 54.6 Å². The van der Waals surface area contributed by atoms with Gasteiger partial charge in [0.05, 0.1) is 5.56 Å². The number of rotatable bonds is 8. The van der Waals surface area contributed by atoms with Crippen molar-refractivity contribution in [2.24, 2.45) is 5.41 Å². The zero-order valence-corrected chi connectivity index (χ0v) is 18.2. The number of piperidine rings is 1. The number of nitrogens with one attached hydrogen (secondary N) is 1. The van der Waals surface area contributed by atoms with Gasteiger partial charge < -0.3 is 15.3 Å². The predicted octanol–water partition coefficient (Wildman–Crippen LogP) is 4.56. The molecule has 2 unspecified atom stereocenters. The fourth-order valence-corrected chi connectivity index (χ4v) is 5.01. The van der Waals surface area contributed by atoms with Crippen LogP contribution in [0.1, 0.15) is 60.5 Å². The highest BCUT2D eigenvalue weighted by Crippen LogP contribution is 2.42. The van der Waals surface area contributed by atoms with Gasteiger partial charge in [0.25, 0.3) is 0 Å². The fraction of sp³-hybridized carbons (Fsp3) is 0.500. The van der Waals surface area contributed by atoms with Crippen molar-refractivity contribution in [2.75, 3.05) is 19.6 Å². The van der Waals surface area contributed by atoms with E-state index in [0.717, 1.165) is 44.5 Å². The number of likely N-dealkylation sites (tertiary alicyclic amines) is 1. The van der Waals surface area contributed by atoms with E-state index in [9.17, 15) is 9.90 Å². The van der Waals surface area contributed by atoms with E-state index >= 15 is 0 Å². The highest BCUT2D eigenvalue weighted by Gasteiger charge is 2.41. The first-order valence-corrected chi connectivity index (χ1v) is 11.3. The molecule has 2 fully saturated rings. The van der Waals surface area contributed by atoms with Crippen molar-refractivity contribution >= 4 is 5.97 Å². The summed E-state index contributed by atoms with van der Waals surface area (Å²) >= 11 is 0. The largest absolute Gasteiger partial charge is 0.478 e. The molecule has 1 heterocycles. The number of aromatic carboxylic acids is 1. The summed E-state index contributed by atoms with van der Waals surface area (Å²) < 4.78 is 0. The van der Waals surface area contributed by atoms with Gasteiger partial charge in [-0.3, -0.25) is 0 Å². The summed E-state index contributed by atoms with van der Waals surface area (Å²) in [7, 11) is 0. The van der Waals surface area contributed by atoms with E-state index in [0.29, 0.717) is 23.6 Å². The van der Waals surface area contributed by atoms with Crippen molar-refractivity contribution in [2.45, 2.75) is 57.5 Å². The second-order valence-electron chi connectivity index (χ2n) is 9.55. The van der Waals surface area contributed by atoms with Gasteiger partial charge in [-0.15, -0.1) is 0 Å². The Morgan fingerprint density at radius 3 is 2.53 bits per heavy atom. The molecule has 1 saturated heterocycles. The van der Waals surface area contributed by atoms with Crippen LogP contribution in [-0.2, 0) is 6.42 Å². The van der Waals surface area contributed by atoms with Crippen molar-refractivity contribution < 1.29 is 9.90 Å². The molecule has 30 heavy (non-hydrogen) atoms. The molecule has 2 aromatic rings. The minimum absolute atomic E-state index is 0.187. The molecule has 4 heteroatoms. The average molecular weight is 407 g/mol. The predicted molar refractivity (Wildman–Crippen MR) is 121 cm³/mol. The Labute approximate surface area is 180 Å². The molecule has 0 radical (unpaired) electrons. The maximum atomic E-state index is 11.4. The third-order valence-corrected chi connectivity index (χ3v) is 7.10. The Kier molecular flexibility index (Phi) is 6.26. The van der Waals surface area contributed by atoms with E-state index in [1.54, 1.807) is 6.07 Å². The molecule has 4 nitrogen and oxygen atoms in total. The number of benzene rings is 2. The Morgan fingerprint density at radius 2 is 1.87 bits per heavy atom. The number of hydrogen-bond donors (Lipinski definition) is 2. The van der Waals surface area contributed by atoms with E-state index in [4.69, 9.17) is 0 Å². The molecule has 160 valence electrons. The van der Waals surface area contributed by atoms with Crippen LogP contribution in [0, 0.1) is 5.41 Å². The van der Waals surface area contributed by atoms with Crippen molar-refractivity contribution in [1.29, 1.82) is 0 Å². The van der Waals surface area contributed by atoms with Crippen LogP contribution in [0.3, 0.4) is 0 Å². The lowest BCUT2D eigenvalue weighted by Gasteiger charge is -2.44. The van der Waals surface area contributed by atoms with Gasteiger partial charge in [-0.2, -0.15) is 0 Å². The van der Waals surface area contributed by atoms with Crippen LogP contribution in [0.4, 0.5) is 0 Å². The number of carboxylic acid groups (broad SMARTS) is 1. The first-order valence-electron chi connectivity index (χ1n) is 11.3. The Morgan fingerprint density at radius 1 is 1.13 bits per heavy atom. The monoisotopic (exact) mass is 406 g/mol. The van der Waals surface area contributed by atoms with Crippen molar-refractivity contribution in [3.05, 3.63) is 71.3 Å². The summed E-state index contributed by atoms with van der Waals surface area (Å²) in [5.41, 5.74) is 3.16. The molecule has 0 bridgehead atoms. The van der Waals surface area contributed by atoms with Crippen LogP contribution in [0.25, 0.3) is 0 Å². The van der Waals surface area contributed by atoms with Gasteiger partial charge >= 0.3 is 5.97 Å². The van der Waals surface area contributed by atoms with Gasteiger partial charge in [-0.25, -0.2) is 4.79 Å². The molecule has 2 atom stereocenters. The fourth-order valence-electron chi connectivity index (χ4n) is 5.01. The van der Waals surface area contributed by atoms with E-state index < -0.39 is 5.97 Å². The molecule has 0 aromatic heterocycles. The molecule has 1 aliphatic carbocycles. The van der Waals surface area contributed by atoms with E-state index in [2.05, 4.69) is 60.5 Å². The lowest BCUT2D eigenvalue weighted by atomic mass is 9.73. The maximum Gasteiger partial charge on any atom is 0.335 e. The minimum atomic E-state index is -0.845.